The van der Waals surface area contributed by atoms with Crippen molar-refractivity contribution in [3.63, 3.8) is 0 Å². The van der Waals surface area contributed by atoms with Crippen molar-refractivity contribution in [1.29, 1.82) is 0 Å². The molecule has 0 aromatic rings. The lowest BCUT2D eigenvalue weighted by atomic mass is 10.00. The molecule has 0 saturated carbocycles. The summed E-state index contributed by atoms with van der Waals surface area (Å²) in [6.45, 7) is 7.69. The highest BCUT2D eigenvalue weighted by atomic mass is 16.5. The maximum atomic E-state index is 5.97. The second-order valence-electron chi connectivity index (χ2n) is 5.81. The number of likely N-dealkylation sites (tertiary alicyclic amines) is 1. The van der Waals surface area contributed by atoms with Gasteiger partial charge in [0.1, 0.15) is 0 Å². The molecule has 2 unspecified atom stereocenters. The number of ether oxygens (including phenoxy) is 1. The van der Waals surface area contributed by atoms with Crippen molar-refractivity contribution in [2.45, 2.75) is 57.3 Å². The SMILES string of the molecule is CC(C)(N)CCCN1CC2CCC(C1)O2. The predicted octanol–water partition coefficient (Wildman–Crippen LogP) is 1.37. The lowest BCUT2D eigenvalue weighted by Gasteiger charge is -2.32. The fourth-order valence-electron chi connectivity index (χ4n) is 2.64. The first-order valence-electron chi connectivity index (χ1n) is 6.20. The third-order valence-corrected chi connectivity index (χ3v) is 3.41. The van der Waals surface area contributed by atoms with Crippen LogP contribution in [-0.2, 0) is 4.74 Å². The van der Waals surface area contributed by atoms with E-state index in [4.69, 9.17) is 10.5 Å². The summed E-state index contributed by atoms with van der Waals surface area (Å²) in [5, 5.41) is 0. The van der Waals surface area contributed by atoms with Crippen molar-refractivity contribution in [1.82, 2.24) is 4.90 Å². The van der Waals surface area contributed by atoms with Crippen LogP contribution in [0.5, 0.6) is 0 Å². The fraction of sp³-hybridized carbons (Fsp3) is 1.00. The van der Waals surface area contributed by atoms with Gasteiger partial charge in [0.15, 0.2) is 0 Å². The molecule has 15 heavy (non-hydrogen) atoms. The van der Waals surface area contributed by atoms with Crippen molar-refractivity contribution < 1.29 is 4.74 Å². The molecule has 0 aromatic carbocycles. The monoisotopic (exact) mass is 212 g/mol. The third-order valence-electron chi connectivity index (χ3n) is 3.41. The minimum atomic E-state index is -0.00866. The van der Waals surface area contributed by atoms with Crippen LogP contribution >= 0.6 is 0 Å². The summed E-state index contributed by atoms with van der Waals surface area (Å²) < 4.78 is 5.81. The average Bonchev–Trinajstić information content (AvgIpc) is 2.43. The van der Waals surface area contributed by atoms with Crippen molar-refractivity contribution in [3.05, 3.63) is 0 Å². The van der Waals surface area contributed by atoms with Crippen LogP contribution in [0.1, 0.15) is 39.5 Å². The third kappa shape index (κ3) is 3.44. The minimum absolute atomic E-state index is 0.00866. The van der Waals surface area contributed by atoms with E-state index in [1.54, 1.807) is 0 Å². The summed E-state index contributed by atoms with van der Waals surface area (Å²) in [5.41, 5.74) is 5.97. The zero-order valence-corrected chi connectivity index (χ0v) is 10.0. The van der Waals surface area contributed by atoms with Gasteiger partial charge in [0.25, 0.3) is 0 Å². The molecule has 0 aliphatic carbocycles. The van der Waals surface area contributed by atoms with E-state index < -0.39 is 0 Å². The van der Waals surface area contributed by atoms with Gasteiger partial charge in [-0.25, -0.2) is 0 Å². The van der Waals surface area contributed by atoms with E-state index in [2.05, 4.69) is 18.7 Å². The first-order chi connectivity index (χ1) is 7.03. The van der Waals surface area contributed by atoms with E-state index in [0.29, 0.717) is 12.2 Å². The van der Waals surface area contributed by atoms with Crippen LogP contribution in [0.25, 0.3) is 0 Å². The Hall–Kier alpha value is -0.120. The van der Waals surface area contributed by atoms with E-state index in [0.717, 1.165) is 19.5 Å². The van der Waals surface area contributed by atoms with Crippen LogP contribution < -0.4 is 5.73 Å². The zero-order chi connectivity index (χ0) is 10.9. The lowest BCUT2D eigenvalue weighted by Crippen LogP contribution is -2.43. The Morgan fingerprint density at radius 2 is 1.87 bits per heavy atom. The molecule has 0 amide bonds. The Labute approximate surface area is 93.0 Å². The molecule has 0 radical (unpaired) electrons. The summed E-state index contributed by atoms with van der Waals surface area (Å²) in [7, 11) is 0. The van der Waals surface area contributed by atoms with Gasteiger partial charge >= 0.3 is 0 Å². The molecule has 0 spiro atoms. The summed E-state index contributed by atoms with van der Waals surface area (Å²) in [5.74, 6) is 0. The molecular formula is C12H24N2O. The smallest absolute Gasteiger partial charge is 0.0707 e. The Kier molecular flexibility index (Phi) is 3.33. The summed E-state index contributed by atoms with van der Waals surface area (Å²) in [4.78, 5) is 2.55. The lowest BCUT2D eigenvalue weighted by molar-refractivity contribution is -0.0387. The van der Waals surface area contributed by atoms with Gasteiger partial charge in [0.05, 0.1) is 12.2 Å². The number of morpholine rings is 1. The molecule has 2 aliphatic rings. The molecule has 2 aliphatic heterocycles. The maximum absolute atomic E-state index is 5.97. The van der Waals surface area contributed by atoms with Crippen molar-refractivity contribution >= 4 is 0 Å². The number of fused-ring (bicyclic) bond motifs is 2. The number of nitrogens with two attached hydrogens (primary N) is 1. The van der Waals surface area contributed by atoms with Crippen LogP contribution in [0.4, 0.5) is 0 Å². The molecule has 3 nitrogen and oxygen atoms in total. The van der Waals surface area contributed by atoms with Crippen LogP contribution in [0, 0.1) is 0 Å². The van der Waals surface area contributed by atoms with Gasteiger partial charge in [0.2, 0.25) is 0 Å². The van der Waals surface area contributed by atoms with Gasteiger partial charge in [-0.3, -0.25) is 4.90 Å². The van der Waals surface area contributed by atoms with Gasteiger partial charge in [-0.05, 0) is 46.1 Å². The van der Waals surface area contributed by atoms with E-state index in [-0.39, 0.29) is 5.54 Å². The van der Waals surface area contributed by atoms with E-state index >= 15 is 0 Å². The zero-order valence-electron chi connectivity index (χ0n) is 10.0. The van der Waals surface area contributed by atoms with E-state index in [9.17, 15) is 0 Å². The molecule has 3 heteroatoms. The second kappa shape index (κ2) is 4.40. The molecule has 2 bridgehead atoms. The highest BCUT2D eigenvalue weighted by molar-refractivity contribution is 4.85. The molecule has 2 saturated heterocycles. The molecular weight excluding hydrogens is 188 g/mol. The Balaban J connectivity index is 1.68. The minimum Gasteiger partial charge on any atom is -0.372 e. The van der Waals surface area contributed by atoms with Gasteiger partial charge in [0, 0.05) is 18.6 Å². The van der Waals surface area contributed by atoms with Crippen LogP contribution in [0.15, 0.2) is 0 Å². The van der Waals surface area contributed by atoms with Gasteiger partial charge in [-0.1, -0.05) is 0 Å². The first-order valence-corrected chi connectivity index (χ1v) is 6.20. The molecule has 88 valence electrons. The van der Waals surface area contributed by atoms with Crippen LogP contribution in [-0.4, -0.2) is 42.3 Å². The second-order valence-corrected chi connectivity index (χ2v) is 5.81. The topological polar surface area (TPSA) is 38.5 Å². The molecule has 0 aromatic heterocycles. The van der Waals surface area contributed by atoms with Gasteiger partial charge < -0.3 is 10.5 Å². The predicted molar refractivity (Wildman–Crippen MR) is 61.8 cm³/mol. The molecule has 2 heterocycles. The Morgan fingerprint density at radius 3 is 2.40 bits per heavy atom. The summed E-state index contributed by atoms with van der Waals surface area (Å²) in [6, 6.07) is 0. The average molecular weight is 212 g/mol. The largest absolute Gasteiger partial charge is 0.372 e. The number of nitrogens with zero attached hydrogens (tertiary/aromatic N) is 1. The first kappa shape index (κ1) is 11.4. The molecule has 2 N–H and O–H groups in total. The van der Waals surface area contributed by atoms with Crippen molar-refractivity contribution in [2.24, 2.45) is 5.73 Å². The van der Waals surface area contributed by atoms with E-state index in [1.807, 2.05) is 0 Å². The Morgan fingerprint density at radius 1 is 1.27 bits per heavy atom. The number of hydrogen-bond acceptors (Lipinski definition) is 3. The Bertz CT molecular complexity index is 200. The number of rotatable bonds is 4. The standard InChI is InChI=1S/C12H24N2O/c1-12(2,13)6-3-7-14-8-10-4-5-11(9-14)15-10/h10-11H,3-9,13H2,1-2H3. The highest BCUT2D eigenvalue weighted by Gasteiger charge is 2.33. The van der Waals surface area contributed by atoms with Crippen LogP contribution in [0.2, 0.25) is 0 Å². The van der Waals surface area contributed by atoms with Crippen LogP contribution in [0.3, 0.4) is 0 Å². The maximum Gasteiger partial charge on any atom is 0.0707 e. The van der Waals surface area contributed by atoms with Gasteiger partial charge in [-0.2, -0.15) is 0 Å². The quantitative estimate of drug-likeness (QED) is 0.765. The van der Waals surface area contributed by atoms with Crippen molar-refractivity contribution in [2.75, 3.05) is 19.6 Å². The number of hydrogen-bond donors (Lipinski definition) is 1. The normalized spacial score (nSPS) is 32.2. The highest BCUT2D eigenvalue weighted by Crippen LogP contribution is 2.26. The summed E-state index contributed by atoms with van der Waals surface area (Å²) in [6.07, 6.45) is 5.90. The fourth-order valence-corrected chi connectivity index (χ4v) is 2.64. The van der Waals surface area contributed by atoms with E-state index in [1.165, 1.54) is 25.8 Å². The summed E-state index contributed by atoms with van der Waals surface area (Å²) >= 11 is 0. The van der Waals surface area contributed by atoms with Crippen molar-refractivity contribution in [3.8, 4) is 0 Å². The molecule has 2 fully saturated rings. The van der Waals surface area contributed by atoms with Gasteiger partial charge in [-0.15, -0.1) is 0 Å². The molecule has 2 rings (SSSR count). The molecule has 2 atom stereocenters.